The zero-order valence-corrected chi connectivity index (χ0v) is 18.6. The second-order valence-corrected chi connectivity index (χ2v) is 9.25. The maximum Gasteiger partial charge on any atom is 0.243 e. The Balaban J connectivity index is 1.79. The molecule has 0 spiro atoms. The van der Waals surface area contributed by atoms with Crippen molar-refractivity contribution in [2.24, 2.45) is 0 Å². The first-order chi connectivity index (χ1) is 14.8. The van der Waals surface area contributed by atoms with Gasteiger partial charge in [-0.05, 0) is 47.9 Å². The molecule has 0 aromatic heterocycles. The standard InChI is InChI=1S/C24H26N2O4S/c1-18-9-7-8-12-22(18)24(19-10-5-4-6-11-19)25-23(27)17-26(2)31(28,29)21-15-13-20(30-3)14-16-21/h4-16,24H,17H2,1-3H3,(H,25,27). The average Bonchev–Trinajstić information content (AvgIpc) is 2.78. The molecule has 0 aliphatic carbocycles. The number of ether oxygens (including phenoxy) is 1. The third kappa shape index (κ3) is 5.31. The van der Waals surface area contributed by atoms with Crippen LogP contribution in [-0.2, 0) is 14.8 Å². The summed E-state index contributed by atoms with van der Waals surface area (Å²) in [6.45, 7) is 1.68. The third-order valence-electron chi connectivity index (χ3n) is 5.07. The van der Waals surface area contributed by atoms with Crippen LogP contribution in [0.4, 0.5) is 0 Å². The van der Waals surface area contributed by atoms with E-state index in [1.807, 2.05) is 61.5 Å². The zero-order chi connectivity index (χ0) is 22.4. The fourth-order valence-electron chi connectivity index (χ4n) is 3.32. The van der Waals surface area contributed by atoms with Gasteiger partial charge in [-0.25, -0.2) is 8.42 Å². The van der Waals surface area contributed by atoms with Crippen LogP contribution in [-0.4, -0.2) is 39.3 Å². The second-order valence-electron chi connectivity index (χ2n) is 7.20. The first-order valence-corrected chi connectivity index (χ1v) is 11.3. The molecular formula is C24H26N2O4S. The van der Waals surface area contributed by atoms with Gasteiger partial charge in [0.2, 0.25) is 15.9 Å². The molecule has 162 valence electrons. The molecule has 6 nitrogen and oxygen atoms in total. The topological polar surface area (TPSA) is 75.7 Å². The lowest BCUT2D eigenvalue weighted by Gasteiger charge is -2.23. The van der Waals surface area contributed by atoms with Crippen LogP contribution in [0.2, 0.25) is 0 Å². The lowest BCUT2D eigenvalue weighted by atomic mass is 9.95. The van der Waals surface area contributed by atoms with E-state index in [0.29, 0.717) is 5.75 Å². The van der Waals surface area contributed by atoms with Gasteiger partial charge >= 0.3 is 0 Å². The number of nitrogens with one attached hydrogen (secondary N) is 1. The van der Waals surface area contributed by atoms with E-state index in [4.69, 9.17) is 4.74 Å². The lowest BCUT2D eigenvalue weighted by molar-refractivity contribution is -0.121. The number of carbonyl (C=O) groups excluding carboxylic acids is 1. The van der Waals surface area contributed by atoms with Crippen LogP contribution >= 0.6 is 0 Å². The fraction of sp³-hybridized carbons (Fsp3) is 0.208. The van der Waals surface area contributed by atoms with Crippen molar-refractivity contribution in [2.45, 2.75) is 17.9 Å². The van der Waals surface area contributed by atoms with E-state index in [-0.39, 0.29) is 17.5 Å². The van der Waals surface area contributed by atoms with Gasteiger partial charge in [0.15, 0.2) is 0 Å². The number of carbonyl (C=O) groups is 1. The van der Waals surface area contributed by atoms with E-state index in [9.17, 15) is 13.2 Å². The van der Waals surface area contributed by atoms with Crippen molar-refractivity contribution < 1.29 is 17.9 Å². The summed E-state index contributed by atoms with van der Waals surface area (Å²) in [5.41, 5.74) is 2.92. The molecule has 0 bridgehead atoms. The summed E-state index contributed by atoms with van der Waals surface area (Å²) in [4.78, 5) is 13.0. The highest BCUT2D eigenvalue weighted by Crippen LogP contribution is 2.25. The first-order valence-electron chi connectivity index (χ1n) is 9.83. The summed E-state index contributed by atoms with van der Waals surface area (Å²) in [6.07, 6.45) is 0. The number of rotatable bonds is 8. The molecular weight excluding hydrogens is 412 g/mol. The Kier molecular flexibility index (Phi) is 7.09. The SMILES string of the molecule is COc1ccc(S(=O)(=O)N(C)CC(=O)NC(c2ccccc2)c2ccccc2C)cc1. The number of benzene rings is 3. The Hall–Kier alpha value is -3.16. The molecule has 0 radical (unpaired) electrons. The summed E-state index contributed by atoms with van der Waals surface area (Å²) < 4.78 is 31.8. The van der Waals surface area contributed by atoms with Crippen LogP contribution in [0.3, 0.4) is 0 Å². The van der Waals surface area contributed by atoms with Gasteiger partial charge in [0.25, 0.3) is 0 Å². The van der Waals surface area contributed by atoms with Gasteiger partial charge in [-0.1, -0.05) is 54.6 Å². The molecule has 1 atom stereocenters. The van der Waals surface area contributed by atoms with Gasteiger partial charge in [0.1, 0.15) is 5.75 Å². The Morgan fingerprint density at radius 1 is 0.968 bits per heavy atom. The fourth-order valence-corrected chi connectivity index (χ4v) is 4.45. The Labute approximate surface area is 183 Å². The Bertz CT molecular complexity index is 1130. The highest BCUT2D eigenvalue weighted by molar-refractivity contribution is 7.89. The molecule has 0 saturated carbocycles. The summed E-state index contributed by atoms with van der Waals surface area (Å²) >= 11 is 0. The molecule has 0 aliphatic rings. The third-order valence-corrected chi connectivity index (χ3v) is 6.89. The van der Waals surface area contributed by atoms with Crippen molar-refractivity contribution in [1.29, 1.82) is 0 Å². The first kappa shape index (κ1) is 22.5. The quantitative estimate of drug-likeness (QED) is 0.584. The number of amides is 1. The smallest absolute Gasteiger partial charge is 0.243 e. The van der Waals surface area contributed by atoms with Crippen molar-refractivity contribution in [1.82, 2.24) is 9.62 Å². The van der Waals surface area contributed by atoms with E-state index < -0.39 is 15.9 Å². The van der Waals surface area contributed by atoms with Crippen molar-refractivity contribution in [2.75, 3.05) is 20.7 Å². The predicted molar refractivity (Wildman–Crippen MR) is 120 cm³/mol. The van der Waals surface area contributed by atoms with Gasteiger partial charge in [-0.3, -0.25) is 4.79 Å². The number of aryl methyl sites for hydroxylation is 1. The normalized spacial score (nSPS) is 12.4. The largest absolute Gasteiger partial charge is 0.497 e. The number of sulfonamides is 1. The maximum absolute atomic E-state index is 12.9. The molecule has 0 heterocycles. The molecule has 0 saturated heterocycles. The molecule has 3 aromatic carbocycles. The van der Waals surface area contributed by atoms with Crippen LogP contribution in [0.1, 0.15) is 22.7 Å². The van der Waals surface area contributed by atoms with Gasteiger partial charge in [0, 0.05) is 7.05 Å². The van der Waals surface area contributed by atoms with Crippen LogP contribution < -0.4 is 10.1 Å². The van der Waals surface area contributed by atoms with Gasteiger partial charge in [-0.15, -0.1) is 0 Å². The van der Waals surface area contributed by atoms with Gasteiger partial charge in [-0.2, -0.15) is 4.31 Å². The second kappa shape index (κ2) is 9.76. The van der Waals surface area contributed by atoms with Crippen molar-refractivity contribution in [3.63, 3.8) is 0 Å². The van der Waals surface area contributed by atoms with E-state index in [1.54, 1.807) is 12.1 Å². The van der Waals surface area contributed by atoms with Crippen molar-refractivity contribution in [3.05, 3.63) is 95.6 Å². The molecule has 3 rings (SSSR count). The summed E-state index contributed by atoms with van der Waals surface area (Å²) in [7, 11) is -0.911. The van der Waals surface area contributed by atoms with Gasteiger partial charge in [0.05, 0.1) is 24.6 Å². The molecule has 0 aliphatic heterocycles. The Morgan fingerprint density at radius 3 is 2.19 bits per heavy atom. The molecule has 0 fully saturated rings. The number of hydrogen-bond acceptors (Lipinski definition) is 4. The van der Waals surface area contributed by atoms with Gasteiger partial charge < -0.3 is 10.1 Å². The number of methoxy groups -OCH3 is 1. The Morgan fingerprint density at radius 2 is 1.58 bits per heavy atom. The van der Waals surface area contributed by atoms with E-state index in [2.05, 4.69) is 5.32 Å². The molecule has 1 N–H and O–H groups in total. The van der Waals surface area contributed by atoms with Crippen LogP contribution in [0.15, 0.2) is 83.8 Å². The molecule has 31 heavy (non-hydrogen) atoms. The predicted octanol–water partition coefficient (Wildman–Crippen LogP) is 3.53. The van der Waals surface area contributed by atoms with Crippen molar-refractivity contribution in [3.8, 4) is 5.75 Å². The number of likely N-dealkylation sites (N-methyl/N-ethyl adjacent to an activating group) is 1. The molecule has 1 unspecified atom stereocenters. The minimum Gasteiger partial charge on any atom is -0.497 e. The highest BCUT2D eigenvalue weighted by Gasteiger charge is 2.25. The zero-order valence-electron chi connectivity index (χ0n) is 17.8. The number of hydrogen-bond donors (Lipinski definition) is 1. The van der Waals surface area contributed by atoms with E-state index in [1.165, 1.54) is 26.3 Å². The summed E-state index contributed by atoms with van der Waals surface area (Å²) in [5, 5.41) is 3.00. The molecule has 3 aromatic rings. The number of nitrogens with zero attached hydrogens (tertiary/aromatic N) is 1. The molecule has 1 amide bonds. The summed E-state index contributed by atoms with van der Waals surface area (Å²) in [6, 6.07) is 23.1. The maximum atomic E-state index is 12.9. The van der Waals surface area contributed by atoms with Crippen LogP contribution in [0, 0.1) is 6.92 Å². The monoisotopic (exact) mass is 438 g/mol. The molecule has 7 heteroatoms. The lowest BCUT2D eigenvalue weighted by Crippen LogP contribution is -2.40. The highest BCUT2D eigenvalue weighted by atomic mass is 32.2. The minimum absolute atomic E-state index is 0.0992. The van der Waals surface area contributed by atoms with E-state index >= 15 is 0 Å². The van der Waals surface area contributed by atoms with Crippen molar-refractivity contribution >= 4 is 15.9 Å². The average molecular weight is 439 g/mol. The summed E-state index contributed by atoms with van der Waals surface area (Å²) in [5.74, 6) is 0.167. The minimum atomic E-state index is -3.82. The van der Waals surface area contributed by atoms with E-state index in [0.717, 1.165) is 21.0 Å². The van der Waals surface area contributed by atoms with Crippen LogP contribution in [0.25, 0.3) is 0 Å². The van der Waals surface area contributed by atoms with Crippen LogP contribution in [0.5, 0.6) is 5.75 Å².